The summed E-state index contributed by atoms with van der Waals surface area (Å²) in [5.74, 6) is 0.110. The van der Waals surface area contributed by atoms with Crippen molar-refractivity contribution in [2.45, 2.75) is 6.92 Å². The number of aryl methyl sites for hydroxylation is 1. The molecule has 0 saturated heterocycles. The number of rotatable bonds is 2. The largest absolute Gasteiger partial charge is 0.399 e. The van der Waals surface area contributed by atoms with Crippen molar-refractivity contribution in [1.82, 2.24) is 5.16 Å². The zero-order chi connectivity index (χ0) is 12.4. The molecule has 0 aliphatic carbocycles. The summed E-state index contributed by atoms with van der Waals surface area (Å²) in [6.07, 6.45) is 1.35. The van der Waals surface area contributed by atoms with Gasteiger partial charge < -0.3 is 15.6 Å². The van der Waals surface area contributed by atoms with Gasteiger partial charge in [0.15, 0.2) is 0 Å². The van der Waals surface area contributed by atoms with Gasteiger partial charge >= 0.3 is 0 Å². The van der Waals surface area contributed by atoms with E-state index in [-0.39, 0.29) is 5.91 Å². The minimum atomic E-state index is -0.337. The Morgan fingerprint density at radius 3 is 2.94 bits per heavy atom. The molecule has 0 radical (unpaired) electrons. The summed E-state index contributed by atoms with van der Waals surface area (Å²) >= 11 is 5.93. The zero-order valence-electron chi connectivity index (χ0n) is 9.03. The van der Waals surface area contributed by atoms with Crippen LogP contribution < -0.4 is 11.1 Å². The van der Waals surface area contributed by atoms with Crippen LogP contribution in [0.5, 0.6) is 0 Å². The molecule has 0 unspecified atom stereocenters. The maximum absolute atomic E-state index is 11.8. The molecular weight excluding hydrogens is 242 g/mol. The average Bonchev–Trinajstić information content (AvgIpc) is 2.70. The molecule has 0 fully saturated rings. The second-order valence-corrected chi connectivity index (χ2v) is 3.90. The Labute approximate surface area is 103 Å². The van der Waals surface area contributed by atoms with Crippen LogP contribution in [0.4, 0.5) is 11.4 Å². The molecule has 0 aliphatic heterocycles. The van der Waals surface area contributed by atoms with Gasteiger partial charge in [-0.3, -0.25) is 4.79 Å². The lowest BCUT2D eigenvalue weighted by molar-refractivity contribution is 0.102. The summed E-state index contributed by atoms with van der Waals surface area (Å²) in [5, 5.41) is 6.59. The number of nitrogens with two attached hydrogens (primary N) is 1. The highest BCUT2D eigenvalue weighted by Crippen LogP contribution is 2.24. The topological polar surface area (TPSA) is 81.2 Å². The van der Waals surface area contributed by atoms with Crippen molar-refractivity contribution in [3.05, 3.63) is 40.7 Å². The van der Waals surface area contributed by atoms with Gasteiger partial charge in [-0.15, -0.1) is 0 Å². The molecular formula is C11H10ClN3O2. The first-order chi connectivity index (χ1) is 8.08. The van der Waals surface area contributed by atoms with Crippen molar-refractivity contribution in [2.75, 3.05) is 11.1 Å². The van der Waals surface area contributed by atoms with Crippen LogP contribution in [-0.2, 0) is 0 Å². The van der Waals surface area contributed by atoms with Gasteiger partial charge in [-0.2, -0.15) is 0 Å². The van der Waals surface area contributed by atoms with Crippen molar-refractivity contribution in [1.29, 1.82) is 0 Å². The number of carbonyl (C=O) groups excluding carboxylic acids is 1. The van der Waals surface area contributed by atoms with Gasteiger partial charge in [0.2, 0.25) is 0 Å². The molecule has 6 heteroatoms. The third-order valence-corrected chi connectivity index (χ3v) is 2.56. The predicted molar refractivity (Wildman–Crippen MR) is 65.1 cm³/mol. The second kappa shape index (κ2) is 4.47. The van der Waals surface area contributed by atoms with Gasteiger partial charge in [0.25, 0.3) is 5.91 Å². The number of benzene rings is 1. The van der Waals surface area contributed by atoms with Crippen LogP contribution in [0.15, 0.2) is 28.9 Å². The summed E-state index contributed by atoms with van der Waals surface area (Å²) in [6.45, 7) is 1.66. The number of aromatic nitrogens is 1. The van der Waals surface area contributed by atoms with E-state index in [1.807, 2.05) is 0 Å². The van der Waals surface area contributed by atoms with Gasteiger partial charge in [-0.25, -0.2) is 0 Å². The molecule has 0 spiro atoms. The number of nitrogens with one attached hydrogen (secondary N) is 1. The highest BCUT2D eigenvalue weighted by molar-refractivity contribution is 6.34. The molecule has 2 rings (SSSR count). The number of amides is 1. The monoisotopic (exact) mass is 251 g/mol. The van der Waals surface area contributed by atoms with Crippen LogP contribution in [0.2, 0.25) is 5.02 Å². The first-order valence-electron chi connectivity index (χ1n) is 4.85. The minimum absolute atomic E-state index is 0.337. The normalized spacial score (nSPS) is 10.2. The van der Waals surface area contributed by atoms with E-state index in [4.69, 9.17) is 21.9 Å². The van der Waals surface area contributed by atoms with Gasteiger partial charge in [-0.1, -0.05) is 16.8 Å². The lowest BCUT2D eigenvalue weighted by atomic mass is 10.2. The van der Waals surface area contributed by atoms with E-state index in [0.29, 0.717) is 27.7 Å². The third kappa shape index (κ3) is 2.39. The molecule has 5 nitrogen and oxygen atoms in total. The minimum Gasteiger partial charge on any atom is -0.399 e. The SMILES string of the molecule is Cc1oncc1C(=O)Nc1cc(N)ccc1Cl. The summed E-state index contributed by atoms with van der Waals surface area (Å²) in [5.41, 5.74) is 6.95. The van der Waals surface area contributed by atoms with Gasteiger partial charge in [0, 0.05) is 5.69 Å². The molecule has 1 aromatic heterocycles. The number of hydrogen-bond acceptors (Lipinski definition) is 4. The molecule has 0 bridgehead atoms. The second-order valence-electron chi connectivity index (χ2n) is 3.49. The quantitative estimate of drug-likeness (QED) is 0.804. The number of hydrogen-bond donors (Lipinski definition) is 2. The van der Waals surface area contributed by atoms with Gasteiger partial charge in [-0.05, 0) is 25.1 Å². The van der Waals surface area contributed by atoms with Crippen molar-refractivity contribution in [3.63, 3.8) is 0 Å². The van der Waals surface area contributed by atoms with Crippen LogP contribution >= 0.6 is 11.6 Å². The maximum Gasteiger partial charge on any atom is 0.260 e. The fraction of sp³-hybridized carbons (Fsp3) is 0.0909. The molecule has 0 atom stereocenters. The standard InChI is InChI=1S/C11H10ClN3O2/c1-6-8(5-14-17-6)11(16)15-10-4-7(13)2-3-9(10)12/h2-5H,13H2,1H3,(H,15,16). The van der Waals surface area contributed by atoms with E-state index in [1.54, 1.807) is 25.1 Å². The van der Waals surface area contributed by atoms with Crippen LogP contribution in [0.3, 0.4) is 0 Å². The Balaban J connectivity index is 2.24. The van der Waals surface area contributed by atoms with Gasteiger partial charge in [0.05, 0.1) is 16.9 Å². The highest BCUT2D eigenvalue weighted by Gasteiger charge is 2.14. The van der Waals surface area contributed by atoms with Crippen LogP contribution in [0, 0.1) is 6.92 Å². The average molecular weight is 252 g/mol. The summed E-state index contributed by atoms with van der Waals surface area (Å²) in [7, 11) is 0. The van der Waals surface area contributed by atoms with Gasteiger partial charge in [0.1, 0.15) is 11.3 Å². The Hall–Kier alpha value is -2.01. The maximum atomic E-state index is 11.8. The Morgan fingerprint density at radius 1 is 1.53 bits per heavy atom. The Morgan fingerprint density at radius 2 is 2.29 bits per heavy atom. The molecule has 0 saturated carbocycles. The fourth-order valence-corrected chi connectivity index (χ4v) is 1.51. The smallest absolute Gasteiger partial charge is 0.260 e. The molecule has 0 aliphatic rings. The molecule has 2 aromatic rings. The first kappa shape index (κ1) is 11.5. The summed E-state index contributed by atoms with van der Waals surface area (Å²) < 4.78 is 4.81. The fourth-order valence-electron chi connectivity index (χ4n) is 1.35. The Kier molecular flexibility index (Phi) is 3.01. The molecule has 1 amide bonds. The molecule has 17 heavy (non-hydrogen) atoms. The third-order valence-electron chi connectivity index (χ3n) is 2.23. The van der Waals surface area contributed by atoms with E-state index in [1.165, 1.54) is 6.20 Å². The van der Waals surface area contributed by atoms with Crippen LogP contribution in [-0.4, -0.2) is 11.1 Å². The summed E-state index contributed by atoms with van der Waals surface area (Å²) in [4.78, 5) is 11.8. The van der Waals surface area contributed by atoms with E-state index in [0.717, 1.165) is 0 Å². The predicted octanol–water partition coefficient (Wildman–Crippen LogP) is 2.47. The van der Waals surface area contributed by atoms with Crippen LogP contribution in [0.1, 0.15) is 16.1 Å². The van der Waals surface area contributed by atoms with E-state index < -0.39 is 0 Å². The number of halogens is 1. The van der Waals surface area contributed by atoms with Crippen LogP contribution in [0.25, 0.3) is 0 Å². The summed E-state index contributed by atoms with van der Waals surface area (Å²) in [6, 6.07) is 4.86. The van der Waals surface area contributed by atoms with E-state index in [9.17, 15) is 4.79 Å². The van der Waals surface area contributed by atoms with E-state index >= 15 is 0 Å². The molecule has 88 valence electrons. The van der Waals surface area contributed by atoms with Crippen molar-refractivity contribution >= 4 is 28.9 Å². The highest BCUT2D eigenvalue weighted by atomic mass is 35.5. The first-order valence-corrected chi connectivity index (χ1v) is 5.23. The zero-order valence-corrected chi connectivity index (χ0v) is 9.78. The molecule has 1 aromatic carbocycles. The number of nitrogens with zero attached hydrogens (tertiary/aromatic N) is 1. The lowest BCUT2D eigenvalue weighted by Gasteiger charge is -2.06. The number of carbonyl (C=O) groups is 1. The van der Waals surface area contributed by atoms with E-state index in [2.05, 4.69) is 10.5 Å². The lowest BCUT2D eigenvalue weighted by Crippen LogP contribution is -2.12. The molecule has 3 N–H and O–H groups in total. The van der Waals surface area contributed by atoms with Crippen molar-refractivity contribution < 1.29 is 9.32 Å². The number of nitrogen functional groups attached to an aromatic ring is 1. The number of anilines is 2. The molecule has 1 heterocycles. The van der Waals surface area contributed by atoms with Crippen molar-refractivity contribution in [2.24, 2.45) is 0 Å². The van der Waals surface area contributed by atoms with Crippen molar-refractivity contribution in [3.8, 4) is 0 Å². The Bertz CT molecular complexity index is 566.